The van der Waals surface area contributed by atoms with Crippen LogP contribution in [-0.2, 0) is 11.8 Å². The first-order chi connectivity index (χ1) is 11.5. The average Bonchev–Trinajstić information content (AvgIpc) is 2.97. The van der Waals surface area contributed by atoms with Crippen molar-refractivity contribution >= 4 is 27.3 Å². The average molecular weight is 314 g/mol. The molecule has 0 aliphatic carbocycles. The normalized spacial score (nSPS) is 16.0. The highest BCUT2D eigenvalue weighted by atomic mass is 15.0. The zero-order valence-electron chi connectivity index (χ0n) is 14.7. The van der Waals surface area contributed by atoms with Crippen molar-refractivity contribution in [2.75, 3.05) is 0 Å². The fraction of sp³-hybridized carbons (Fsp3) is 0.318. The molecule has 2 nitrogen and oxygen atoms in total. The van der Waals surface area contributed by atoms with Gasteiger partial charge in [0.1, 0.15) is 5.65 Å². The van der Waals surface area contributed by atoms with Crippen LogP contribution in [0.4, 0.5) is 0 Å². The highest BCUT2D eigenvalue weighted by Gasteiger charge is 2.32. The van der Waals surface area contributed by atoms with Crippen LogP contribution in [0.2, 0.25) is 0 Å². The zero-order valence-corrected chi connectivity index (χ0v) is 14.7. The number of imidazole rings is 1. The van der Waals surface area contributed by atoms with E-state index >= 15 is 0 Å². The lowest BCUT2D eigenvalue weighted by molar-refractivity contribution is 0.506. The van der Waals surface area contributed by atoms with Crippen molar-refractivity contribution in [3.63, 3.8) is 0 Å². The van der Waals surface area contributed by atoms with E-state index in [-0.39, 0.29) is 5.41 Å². The van der Waals surface area contributed by atoms with Gasteiger partial charge in [0, 0.05) is 22.7 Å². The standard InChI is InChI=1S/C22H22N2/c1-13(2)15-9-10-18-20-19(15)16-7-5-6-8-17(16)21-23-12-14(24(20)21)11-22(18,3)4/h5-10,12-13H,11H2,1-4H3. The summed E-state index contributed by atoms with van der Waals surface area (Å²) >= 11 is 0. The second kappa shape index (κ2) is 4.38. The smallest absolute Gasteiger partial charge is 0.145 e. The molecule has 2 aromatic carbocycles. The van der Waals surface area contributed by atoms with Crippen LogP contribution in [-0.4, -0.2) is 9.38 Å². The van der Waals surface area contributed by atoms with Gasteiger partial charge in [0.25, 0.3) is 0 Å². The molecular formula is C22H22N2. The molecule has 1 aliphatic rings. The summed E-state index contributed by atoms with van der Waals surface area (Å²) in [4.78, 5) is 4.80. The molecule has 0 N–H and O–H groups in total. The maximum absolute atomic E-state index is 4.80. The van der Waals surface area contributed by atoms with Crippen LogP contribution in [0.15, 0.2) is 42.6 Å². The Balaban J connectivity index is 2.19. The summed E-state index contributed by atoms with van der Waals surface area (Å²) in [6.07, 6.45) is 3.11. The highest BCUT2D eigenvalue weighted by molar-refractivity contribution is 6.14. The van der Waals surface area contributed by atoms with Gasteiger partial charge in [-0.05, 0) is 34.3 Å². The molecule has 0 bridgehead atoms. The highest BCUT2D eigenvalue weighted by Crippen LogP contribution is 2.44. The first kappa shape index (κ1) is 14.0. The van der Waals surface area contributed by atoms with Gasteiger partial charge in [0.05, 0.1) is 5.52 Å². The van der Waals surface area contributed by atoms with Crippen molar-refractivity contribution in [1.29, 1.82) is 0 Å². The number of aromatic nitrogens is 2. The van der Waals surface area contributed by atoms with E-state index in [1.807, 2.05) is 0 Å². The van der Waals surface area contributed by atoms with Gasteiger partial charge >= 0.3 is 0 Å². The molecule has 0 saturated heterocycles. The minimum atomic E-state index is 0.138. The Morgan fingerprint density at radius 1 is 1.04 bits per heavy atom. The number of rotatable bonds is 1. The van der Waals surface area contributed by atoms with Crippen molar-refractivity contribution < 1.29 is 0 Å². The Hall–Kier alpha value is -2.35. The number of benzene rings is 2. The van der Waals surface area contributed by atoms with Crippen molar-refractivity contribution in [1.82, 2.24) is 9.38 Å². The van der Waals surface area contributed by atoms with Crippen molar-refractivity contribution in [3.8, 4) is 0 Å². The van der Waals surface area contributed by atoms with Crippen molar-refractivity contribution in [2.24, 2.45) is 0 Å². The van der Waals surface area contributed by atoms with E-state index in [2.05, 4.69) is 74.7 Å². The summed E-state index contributed by atoms with van der Waals surface area (Å²) in [6, 6.07) is 13.5. The summed E-state index contributed by atoms with van der Waals surface area (Å²) in [7, 11) is 0. The molecule has 0 spiro atoms. The number of nitrogens with zero attached hydrogens (tertiary/aromatic N) is 2. The predicted molar refractivity (Wildman–Crippen MR) is 101 cm³/mol. The second-order valence-electron chi connectivity index (χ2n) is 8.10. The quantitative estimate of drug-likeness (QED) is 0.418. The molecule has 0 saturated carbocycles. The molecule has 4 aromatic rings. The lowest BCUT2D eigenvalue weighted by atomic mass is 9.76. The minimum absolute atomic E-state index is 0.138. The van der Waals surface area contributed by atoms with E-state index in [4.69, 9.17) is 4.98 Å². The molecular weight excluding hydrogens is 292 g/mol. The molecule has 0 unspecified atom stereocenters. The van der Waals surface area contributed by atoms with Crippen LogP contribution in [0.3, 0.4) is 0 Å². The molecule has 0 radical (unpaired) electrons. The first-order valence-corrected chi connectivity index (χ1v) is 8.83. The Kier molecular flexibility index (Phi) is 2.56. The SMILES string of the molecule is CC(C)c1ccc2c3c1c1ccccc1c1ncc(n13)CC2(C)C. The largest absolute Gasteiger partial charge is 0.296 e. The zero-order chi connectivity index (χ0) is 16.6. The molecule has 2 heteroatoms. The van der Waals surface area contributed by atoms with Gasteiger partial charge in [-0.25, -0.2) is 4.98 Å². The predicted octanol–water partition coefficient (Wildman–Crippen LogP) is 5.60. The Labute approximate surface area is 142 Å². The van der Waals surface area contributed by atoms with Gasteiger partial charge in [-0.1, -0.05) is 64.1 Å². The molecule has 0 amide bonds. The monoisotopic (exact) mass is 314 g/mol. The summed E-state index contributed by atoms with van der Waals surface area (Å²) in [5, 5.41) is 4.01. The summed E-state index contributed by atoms with van der Waals surface area (Å²) in [6.45, 7) is 9.29. The van der Waals surface area contributed by atoms with Gasteiger partial charge in [-0.15, -0.1) is 0 Å². The maximum atomic E-state index is 4.80. The maximum Gasteiger partial charge on any atom is 0.145 e. The summed E-state index contributed by atoms with van der Waals surface area (Å²) in [5.41, 5.74) is 6.83. The second-order valence-corrected chi connectivity index (χ2v) is 8.10. The van der Waals surface area contributed by atoms with E-state index in [1.165, 1.54) is 38.5 Å². The molecule has 1 aliphatic heterocycles. The Morgan fingerprint density at radius 3 is 2.54 bits per heavy atom. The molecule has 2 aromatic heterocycles. The van der Waals surface area contributed by atoms with Crippen LogP contribution in [0.1, 0.15) is 50.4 Å². The molecule has 120 valence electrons. The third kappa shape index (κ3) is 1.59. The van der Waals surface area contributed by atoms with Crippen LogP contribution in [0.25, 0.3) is 27.3 Å². The number of fused-ring (bicyclic) bond motifs is 3. The van der Waals surface area contributed by atoms with Gasteiger partial charge in [-0.3, -0.25) is 4.40 Å². The van der Waals surface area contributed by atoms with E-state index in [1.54, 1.807) is 0 Å². The lowest BCUT2D eigenvalue weighted by Crippen LogP contribution is -2.26. The fourth-order valence-corrected chi connectivity index (χ4v) is 4.54. The van der Waals surface area contributed by atoms with Gasteiger partial charge in [0.15, 0.2) is 0 Å². The van der Waals surface area contributed by atoms with Crippen LogP contribution < -0.4 is 0 Å². The Bertz CT molecular complexity index is 1130. The minimum Gasteiger partial charge on any atom is -0.296 e. The van der Waals surface area contributed by atoms with Crippen LogP contribution >= 0.6 is 0 Å². The van der Waals surface area contributed by atoms with E-state index in [0.717, 1.165) is 12.1 Å². The third-order valence-electron chi connectivity index (χ3n) is 5.68. The topological polar surface area (TPSA) is 17.3 Å². The van der Waals surface area contributed by atoms with Gasteiger partial charge < -0.3 is 0 Å². The number of pyridine rings is 1. The van der Waals surface area contributed by atoms with Crippen molar-refractivity contribution in [2.45, 2.75) is 45.4 Å². The molecule has 0 fully saturated rings. The van der Waals surface area contributed by atoms with Crippen LogP contribution in [0.5, 0.6) is 0 Å². The molecule has 5 rings (SSSR count). The molecule has 24 heavy (non-hydrogen) atoms. The van der Waals surface area contributed by atoms with E-state index in [0.29, 0.717) is 5.92 Å². The van der Waals surface area contributed by atoms with Gasteiger partial charge in [0.2, 0.25) is 0 Å². The van der Waals surface area contributed by atoms with E-state index in [9.17, 15) is 0 Å². The first-order valence-electron chi connectivity index (χ1n) is 8.83. The van der Waals surface area contributed by atoms with Gasteiger partial charge in [-0.2, -0.15) is 0 Å². The van der Waals surface area contributed by atoms with Crippen molar-refractivity contribution in [3.05, 3.63) is 59.4 Å². The number of hydrogen-bond donors (Lipinski definition) is 0. The molecule has 3 heterocycles. The Morgan fingerprint density at radius 2 is 1.79 bits per heavy atom. The number of hydrogen-bond acceptors (Lipinski definition) is 1. The van der Waals surface area contributed by atoms with Crippen LogP contribution in [0, 0.1) is 0 Å². The molecule has 0 atom stereocenters. The lowest BCUT2D eigenvalue weighted by Gasteiger charge is -2.33. The summed E-state index contributed by atoms with van der Waals surface area (Å²) in [5.74, 6) is 0.497. The fourth-order valence-electron chi connectivity index (χ4n) is 4.54. The summed E-state index contributed by atoms with van der Waals surface area (Å²) < 4.78 is 2.42. The third-order valence-corrected chi connectivity index (χ3v) is 5.68. The van der Waals surface area contributed by atoms with E-state index < -0.39 is 0 Å².